The van der Waals surface area contributed by atoms with Crippen molar-refractivity contribution in [2.24, 2.45) is 0 Å². The van der Waals surface area contributed by atoms with Crippen molar-refractivity contribution in [3.05, 3.63) is 18.0 Å². The van der Waals surface area contributed by atoms with Crippen molar-refractivity contribution in [2.45, 2.75) is 19.9 Å². The van der Waals surface area contributed by atoms with E-state index in [9.17, 15) is 4.79 Å². The lowest BCUT2D eigenvalue weighted by molar-refractivity contribution is 0.0541. The number of rotatable bonds is 3. The minimum Gasteiger partial charge on any atom is -0.446 e. The summed E-state index contributed by atoms with van der Waals surface area (Å²) >= 11 is 0. The zero-order valence-corrected chi connectivity index (χ0v) is 8.73. The van der Waals surface area contributed by atoms with Crippen LogP contribution >= 0.6 is 0 Å². The molecule has 0 aliphatic rings. The van der Waals surface area contributed by atoms with Gasteiger partial charge in [-0.1, -0.05) is 0 Å². The first-order chi connectivity index (χ1) is 7.06. The van der Waals surface area contributed by atoms with Crippen LogP contribution in [-0.4, -0.2) is 17.1 Å². The molecule has 0 amide bonds. The van der Waals surface area contributed by atoms with Crippen LogP contribution in [0.1, 0.15) is 30.4 Å². The van der Waals surface area contributed by atoms with Crippen molar-refractivity contribution >= 4 is 11.7 Å². The van der Waals surface area contributed by atoms with Crippen molar-refractivity contribution in [2.75, 3.05) is 12.3 Å². The SMILES string of the molecule is CC(C)n1cc(N)cc1C(=O)OCC#N. The third-order valence-electron chi connectivity index (χ3n) is 1.90. The smallest absolute Gasteiger partial charge is 0.356 e. The van der Waals surface area contributed by atoms with Gasteiger partial charge in [-0.05, 0) is 19.9 Å². The number of carbonyl (C=O) groups excluding carboxylic acids is 1. The summed E-state index contributed by atoms with van der Waals surface area (Å²) in [6, 6.07) is 3.40. The van der Waals surface area contributed by atoms with Gasteiger partial charge >= 0.3 is 5.97 Å². The van der Waals surface area contributed by atoms with E-state index in [0.717, 1.165) is 0 Å². The summed E-state index contributed by atoms with van der Waals surface area (Å²) in [7, 11) is 0. The molecular formula is C10H13N3O2. The molecule has 0 spiro atoms. The number of hydrogen-bond acceptors (Lipinski definition) is 4. The number of ether oxygens (including phenoxy) is 1. The molecule has 0 saturated carbocycles. The van der Waals surface area contributed by atoms with Crippen molar-refractivity contribution in [1.29, 1.82) is 5.26 Å². The molecule has 5 heteroatoms. The van der Waals surface area contributed by atoms with E-state index in [-0.39, 0.29) is 12.6 Å². The topological polar surface area (TPSA) is 81.0 Å². The maximum absolute atomic E-state index is 11.5. The molecule has 2 N–H and O–H groups in total. The van der Waals surface area contributed by atoms with Gasteiger partial charge in [0.1, 0.15) is 11.8 Å². The van der Waals surface area contributed by atoms with E-state index in [1.54, 1.807) is 22.9 Å². The first-order valence-electron chi connectivity index (χ1n) is 4.57. The molecule has 0 bridgehead atoms. The Kier molecular flexibility index (Phi) is 3.34. The van der Waals surface area contributed by atoms with Gasteiger partial charge in [-0.25, -0.2) is 4.79 Å². The Morgan fingerprint density at radius 3 is 2.93 bits per heavy atom. The van der Waals surface area contributed by atoms with Gasteiger partial charge in [0.2, 0.25) is 0 Å². The van der Waals surface area contributed by atoms with Crippen LogP contribution in [0.3, 0.4) is 0 Å². The molecule has 15 heavy (non-hydrogen) atoms. The molecule has 5 nitrogen and oxygen atoms in total. The molecule has 1 rings (SSSR count). The fourth-order valence-corrected chi connectivity index (χ4v) is 1.26. The molecule has 0 aliphatic heterocycles. The molecule has 1 heterocycles. The number of esters is 1. The quantitative estimate of drug-likeness (QED) is 0.758. The predicted octanol–water partition coefficient (Wildman–Crippen LogP) is 1.33. The maximum Gasteiger partial charge on any atom is 0.356 e. The Morgan fingerprint density at radius 1 is 1.73 bits per heavy atom. The van der Waals surface area contributed by atoms with E-state index in [4.69, 9.17) is 15.7 Å². The highest BCUT2D eigenvalue weighted by molar-refractivity contribution is 5.89. The average Bonchev–Trinajstić information content (AvgIpc) is 2.57. The number of nitriles is 1. The molecule has 0 aliphatic carbocycles. The second-order valence-electron chi connectivity index (χ2n) is 3.39. The highest BCUT2D eigenvalue weighted by Gasteiger charge is 2.15. The number of anilines is 1. The van der Waals surface area contributed by atoms with E-state index in [1.807, 2.05) is 13.8 Å². The van der Waals surface area contributed by atoms with Crippen molar-refractivity contribution in [1.82, 2.24) is 4.57 Å². The highest BCUT2D eigenvalue weighted by atomic mass is 16.5. The molecule has 0 saturated heterocycles. The van der Waals surface area contributed by atoms with Crippen molar-refractivity contribution in [3.8, 4) is 6.07 Å². The summed E-state index contributed by atoms with van der Waals surface area (Å²) < 4.78 is 6.42. The van der Waals surface area contributed by atoms with E-state index in [1.165, 1.54) is 0 Å². The van der Waals surface area contributed by atoms with Gasteiger partial charge in [0.25, 0.3) is 0 Å². The molecule has 80 valence electrons. The van der Waals surface area contributed by atoms with Crippen LogP contribution in [0, 0.1) is 11.3 Å². The summed E-state index contributed by atoms with van der Waals surface area (Å²) in [4.78, 5) is 11.5. The minimum absolute atomic E-state index is 0.118. The van der Waals surface area contributed by atoms with Crippen LogP contribution in [0.4, 0.5) is 5.69 Å². The first kappa shape index (κ1) is 11.1. The summed E-state index contributed by atoms with van der Waals surface area (Å²) in [5, 5.41) is 8.29. The van der Waals surface area contributed by atoms with Crippen molar-refractivity contribution < 1.29 is 9.53 Å². The summed E-state index contributed by atoms with van der Waals surface area (Å²) in [6.45, 7) is 3.61. The summed E-state index contributed by atoms with van der Waals surface area (Å²) in [5.74, 6) is -0.526. The Balaban J connectivity index is 2.93. The van der Waals surface area contributed by atoms with Crippen molar-refractivity contribution in [3.63, 3.8) is 0 Å². The maximum atomic E-state index is 11.5. The van der Waals surface area contributed by atoms with Gasteiger partial charge in [0.05, 0.1) is 5.69 Å². The van der Waals surface area contributed by atoms with E-state index in [0.29, 0.717) is 11.4 Å². The third-order valence-corrected chi connectivity index (χ3v) is 1.90. The van der Waals surface area contributed by atoms with Gasteiger partial charge in [0.15, 0.2) is 6.61 Å². The molecule has 0 atom stereocenters. The zero-order valence-electron chi connectivity index (χ0n) is 8.73. The second-order valence-corrected chi connectivity index (χ2v) is 3.39. The minimum atomic E-state index is -0.526. The molecule has 1 aromatic rings. The van der Waals surface area contributed by atoms with Crippen LogP contribution in [0.25, 0.3) is 0 Å². The number of nitrogens with zero attached hydrogens (tertiary/aromatic N) is 2. The molecule has 0 unspecified atom stereocenters. The van der Waals surface area contributed by atoms with Gasteiger partial charge in [-0.3, -0.25) is 0 Å². The summed E-state index contributed by atoms with van der Waals surface area (Å²) in [5.41, 5.74) is 6.47. The van der Waals surface area contributed by atoms with E-state index < -0.39 is 5.97 Å². The van der Waals surface area contributed by atoms with Crippen LogP contribution < -0.4 is 5.73 Å². The number of nitrogens with two attached hydrogens (primary N) is 1. The molecular weight excluding hydrogens is 194 g/mol. The largest absolute Gasteiger partial charge is 0.446 e. The predicted molar refractivity (Wildman–Crippen MR) is 55.1 cm³/mol. The lowest BCUT2D eigenvalue weighted by atomic mass is 10.3. The van der Waals surface area contributed by atoms with Gasteiger partial charge < -0.3 is 15.0 Å². The molecule has 0 aromatic carbocycles. The lowest BCUT2D eigenvalue weighted by Gasteiger charge is -2.10. The Labute approximate surface area is 88.0 Å². The van der Waals surface area contributed by atoms with Crippen LogP contribution in [-0.2, 0) is 4.74 Å². The number of carbonyl (C=O) groups is 1. The number of hydrogen-bond donors (Lipinski definition) is 1. The normalized spacial score (nSPS) is 10.0. The molecule has 0 fully saturated rings. The third kappa shape index (κ3) is 2.50. The Hall–Kier alpha value is -1.96. The van der Waals surface area contributed by atoms with Crippen LogP contribution in [0.2, 0.25) is 0 Å². The average molecular weight is 207 g/mol. The summed E-state index contributed by atoms with van der Waals surface area (Å²) in [6.07, 6.45) is 1.67. The molecule has 1 aromatic heterocycles. The van der Waals surface area contributed by atoms with Crippen LogP contribution in [0.5, 0.6) is 0 Å². The Morgan fingerprint density at radius 2 is 2.40 bits per heavy atom. The second kappa shape index (κ2) is 4.51. The Bertz CT molecular complexity index is 401. The number of aromatic nitrogens is 1. The van der Waals surface area contributed by atoms with E-state index in [2.05, 4.69) is 0 Å². The zero-order chi connectivity index (χ0) is 11.4. The lowest BCUT2D eigenvalue weighted by Crippen LogP contribution is -2.13. The fraction of sp³-hybridized carbons (Fsp3) is 0.400. The fourth-order valence-electron chi connectivity index (χ4n) is 1.26. The molecule has 0 radical (unpaired) electrons. The van der Waals surface area contributed by atoms with Crippen LogP contribution in [0.15, 0.2) is 12.3 Å². The monoisotopic (exact) mass is 207 g/mol. The first-order valence-corrected chi connectivity index (χ1v) is 4.57. The standard InChI is InChI=1S/C10H13N3O2/c1-7(2)13-6-8(12)5-9(13)10(14)15-4-3-11/h5-7H,4,12H2,1-2H3. The van der Waals surface area contributed by atoms with E-state index >= 15 is 0 Å². The van der Waals surface area contributed by atoms with Gasteiger partial charge in [0, 0.05) is 12.2 Å². The van der Waals surface area contributed by atoms with Gasteiger partial charge in [-0.2, -0.15) is 5.26 Å². The number of nitrogen functional groups attached to an aromatic ring is 1. The van der Waals surface area contributed by atoms with Gasteiger partial charge in [-0.15, -0.1) is 0 Å². The highest BCUT2D eigenvalue weighted by Crippen LogP contribution is 2.17.